The highest BCUT2D eigenvalue weighted by atomic mass is 19.4. The molecule has 1 unspecified atom stereocenters. The monoisotopic (exact) mass is 208 g/mol. The molecular weight excluding hydrogens is 201 g/mol. The summed E-state index contributed by atoms with van der Waals surface area (Å²) in [7, 11) is 0. The van der Waals surface area contributed by atoms with E-state index < -0.39 is 29.3 Å². The van der Waals surface area contributed by atoms with E-state index in [9.17, 15) is 18.0 Å². The van der Waals surface area contributed by atoms with E-state index >= 15 is 0 Å². The number of hydrogen-bond acceptors (Lipinski definition) is 2. The van der Waals surface area contributed by atoms with Crippen LogP contribution in [0.4, 0.5) is 13.2 Å². The van der Waals surface area contributed by atoms with Crippen LogP contribution in [-0.2, 0) is 0 Å². The molecule has 0 aliphatic heterocycles. The molecule has 0 aliphatic carbocycles. The molecule has 0 saturated carbocycles. The lowest BCUT2D eigenvalue weighted by atomic mass is 10.0. The molecule has 0 fully saturated rings. The maximum absolute atomic E-state index is 12.2. The second-order valence-electron chi connectivity index (χ2n) is 2.75. The van der Waals surface area contributed by atoms with Crippen LogP contribution >= 0.6 is 0 Å². The van der Waals surface area contributed by atoms with E-state index in [0.717, 1.165) is 13.1 Å². The number of alkyl halides is 3. The summed E-state index contributed by atoms with van der Waals surface area (Å²) in [6.07, 6.45) is -3.56. The standard InChI is InChI=1S/C7H7F3N2O2/c1-3(7(8,9)10)5-4(6(13)14)2-11-12-5/h2-3H,1H3,(H,11,12)(H,13,14). The third-order valence-corrected chi connectivity index (χ3v) is 1.80. The number of hydrogen-bond donors (Lipinski definition) is 2. The van der Waals surface area contributed by atoms with Gasteiger partial charge >= 0.3 is 12.1 Å². The van der Waals surface area contributed by atoms with Gasteiger partial charge in [0, 0.05) is 6.20 Å². The zero-order chi connectivity index (χ0) is 10.9. The maximum Gasteiger partial charge on any atom is 0.397 e. The minimum Gasteiger partial charge on any atom is -0.478 e. The van der Waals surface area contributed by atoms with Gasteiger partial charge in [-0.1, -0.05) is 0 Å². The lowest BCUT2D eigenvalue weighted by molar-refractivity contribution is -0.147. The van der Waals surface area contributed by atoms with Gasteiger partial charge in [-0.3, -0.25) is 5.10 Å². The van der Waals surface area contributed by atoms with Crippen LogP contribution in [0, 0.1) is 0 Å². The van der Waals surface area contributed by atoms with Gasteiger partial charge in [-0.2, -0.15) is 18.3 Å². The number of aromatic amines is 1. The molecule has 1 atom stereocenters. The van der Waals surface area contributed by atoms with Gasteiger partial charge in [-0.25, -0.2) is 4.79 Å². The van der Waals surface area contributed by atoms with E-state index in [1.54, 1.807) is 0 Å². The highest BCUT2D eigenvalue weighted by Crippen LogP contribution is 2.34. The van der Waals surface area contributed by atoms with Gasteiger partial charge in [0.1, 0.15) is 5.56 Å². The molecule has 0 radical (unpaired) electrons. The molecule has 0 amide bonds. The minimum atomic E-state index is -4.49. The Kier molecular flexibility index (Phi) is 2.50. The number of aromatic nitrogens is 2. The van der Waals surface area contributed by atoms with Crippen LogP contribution in [0.1, 0.15) is 28.9 Å². The predicted octanol–water partition coefficient (Wildman–Crippen LogP) is 1.77. The van der Waals surface area contributed by atoms with E-state index in [1.165, 1.54) is 0 Å². The Morgan fingerprint density at radius 2 is 2.21 bits per heavy atom. The third kappa shape index (κ3) is 1.86. The van der Waals surface area contributed by atoms with Crippen molar-refractivity contribution in [1.29, 1.82) is 0 Å². The second-order valence-corrected chi connectivity index (χ2v) is 2.75. The van der Waals surface area contributed by atoms with Crippen molar-refractivity contribution in [2.75, 3.05) is 0 Å². The fourth-order valence-electron chi connectivity index (χ4n) is 0.957. The summed E-state index contributed by atoms with van der Waals surface area (Å²) in [6, 6.07) is 0. The van der Waals surface area contributed by atoms with Gasteiger partial charge in [-0.15, -0.1) is 0 Å². The van der Waals surface area contributed by atoms with Crippen LogP contribution in [-0.4, -0.2) is 27.4 Å². The molecule has 1 heterocycles. The Bertz CT molecular complexity index is 345. The van der Waals surface area contributed by atoms with Crippen molar-refractivity contribution in [1.82, 2.24) is 10.2 Å². The maximum atomic E-state index is 12.2. The highest BCUT2D eigenvalue weighted by molar-refractivity contribution is 5.88. The van der Waals surface area contributed by atoms with Crippen LogP contribution < -0.4 is 0 Å². The number of carbonyl (C=O) groups is 1. The summed E-state index contributed by atoms with van der Waals surface area (Å²) < 4.78 is 36.6. The van der Waals surface area contributed by atoms with Gasteiger partial charge in [-0.05, 0) is 6.92 Å². The molecule has 1 rings (SSSR count). The molecule has 0 aromatic carbocycles. The summed E-state index contributed by atoms with van der Waals surface area (Å²) in [6.45, 7) is 0.864. The Morgan fingerprint density at radius 1 is 1.64 bits per heavy atom. The van der Waals surface area contributed by atoms with E-state index in [1.807, 2.05) is 0 Å². The topological polar surface area (TPSA) is 66.0 Å². The number of aromatic carboxylic acids is 1. The minimum absolute atomic E-state index is 0.449. The van der Waals surface area contributed by atoms with Crippen molar-refractivity contribution < 1.29 is 23.1 Å². The van der Waals surface area contributed by atoms with E-state index in [2.05, 4.69) is 10.2 Å². The number of nitrogens with one attached hydrogen (secondary N) is 1. The first-order chi connectivity index (χ1) is 6.34. The molecule has 4 nitrogen and oxygen atoms in total. The zero-order valence-corrected chi connectivity index (χ0v) is 7.09. The Hall–Kier alpha value is -1.53. The fraction of sp³-hybridized carbons (Fsp3) is 0.429. The Balaban J connectivity index is 3.07. The van der Waals surface area contributed by atoms with E-state index in [0.29, 0.717) is 0 Å². The molecule has 2 N–H and O–H groups in total. The Morgan fingerprint density at radius 3 is 2.64 bits per heavy atom. The summed E-state index contributed by atoms with van der Waals surface area (Å²) >= 11 is 0. The van der Waals surface area contributed by atoms with Crippen molar-refractivity contribution in [2.24, 2.45) is 0 Å². The molecule has 78 valence electrons. The average Bonchev–Trinajstić information content (AvgIpc) is 2.48. The Labute approximate surface area is 76.7 Å². The van der Waals surface area contributed by atoms with Crippen LogP contribution in [0.3, 0.4) is 0 Å². The number of carboxylic acid groups (broad SMARTS) is 1. The van der Waals surface area contributed by atoms with Gasteiger partial charge in [0.15, 0.2) is 0 Å². The van der Waals surface area contributed by atoms with Crippen molar-refractivity contribution in [3.05, 3.63) is 17.5 Å². The zero-order valence-electron chi connectivity index (χ0n) is 7.09. The van der Waals surface area contributed by atoms with E-state index in [4.69, 9.17) is 5.11 Å². The molecule has 14 heavy (non-hydrogen) atoms. The largest absolute Gasteiger partial charge is 0.478 e. The van der Waals surface area contributed by atoms with Crippen molar-refractivity contribution in [3.63, 3.8) is 0 Å². The van der Waals surface area contributed by atoms with Gasteiger partial charge in [0.25, 0.3) is 0 Å². The molecular formula is C7H7F3N2O2. The first kappa shape index (κ1) is 10.6. The first-order valence-corrected chi connectivity index (χ1v) is 3.67. The summed E-state index contributed by atoms with van der Waals surface area (Å²) in [5.74, 6) is -3.32. The molecule has 0 spiro atoms. The predicted molar refractivity (Wildman–Crippen MR) is 40.0 cm³/mol. The van der Waals surface area contributed by atoms with Gasteiger partial charge in [0.2, 0.25) is 0 Å². The quantitative estimate of drug-likeness (QED) is 0.778. The molecule has 1 aromatic rings. The molecule has 0 aliphatic rings. The van der Waals surface area contributed by atoms with Crippen LogP contribution in [0.15, 0.2) is 6.20 Å². The first-order valence-electron chi connectivity index (χ1n) is 3.67. The fourth-order valence-corrected chi connectivity index (χ4v) is 0.957. The highest BCUT2D eigenvalue weighted by Gasteiger charge is 2.40. The lowest BCUT2D eigenvalue weighted by Crippen LogP contribution is -2.20. The van der Waals surface area contributed by atoms with Crippen LogP contribution in [0.2, 0.25) is 0 Å². The smallest absolute Gasteiger partial charge is 0.397 e. The summed E-state index contributed by atoms with van der Waals surface area (Å²) in [5, 5.41) is 13.9. The summed E-state index contributed by atoms with van der Waals surface area (Å²) in [4.78, 5) is 10.5. The third-order valence-electron chi connectivity index (χ3n) is 1.80. The number of nitrogens with zero attached hydrogens (tertiary/aromatic N) is 1. The van der Waals surface area contributed by atoms with Gasteiger partial charge in [0.05, 0.1) is 11.6 Å². The summed E-state index contributed by atoms with van der Waals surface area (Å²) in [5.41, 5.74) is -0.945. The molecule has 0 saturated heterocycles. The molecule has 0 bridgehead atoms. The number of halogens is 3. The van der Waals surface area contributed by atoms with Gasteiger partial charge < -0.3 is 5.11 Å². The molecule has 1 aromatic heterocycles. The van der Waals surface area contributed by atoms with Crippen molar-refractivity contribution in [3.8, 4) is 0 Å². The number of H-pyrrole nitrogens is 1. The van der Waals surface area contributed by atoms with E-state index in [-0.39, 0.29) is 0 Å². The normalized spacial score (nSPS) is 14.0. The number of carboxylic acids is 1. The number of rotatable bonds is 2. The van der Waals surface area contributed by atoms with Crippen LogP contribution in [0.5, 0.6) is 0 Å². The average molecular weight is 208 g/mol. The second kappa shape index (κ2) is 3.32. The molecule has 7 heteroatoms. The lowest BCUT2D eigenvalue weighted by Gasteiger charge is -2.13. The van der Waals surface area contributed by atoms with Crippen molar-refractivity contribution in [2.45, 2.75) is 19.0 Å². The van der Waals surface area contributed by atoms with Crippen molar-refractivity contribution >= 4 is 5.97 Å². The SMILES string of the molecule is CC(c1n[nH]cc1C(=O)O)C(F)(F)F. The van der Waals surface area contributed by atoms with Crippen LogP contribution in [0.25, 0.3) is 0 Å².